The van der Waals surface area contributed by atoms with Crippen LogP contribution in [0.3, 0.4) is 0 Å². The number of hydrogen-bond donors (Lipinski definition) is 1. The van der Waals surface area contributed by atoms with Crippen molar-refractivity contribution in [1.29, 1.82) is 0 Å². The van der Waals surface area contributed by atoms with Gasteiger partial charge in [-0.1, -0.05) is 29.3 Å². The molecular weight excluding hydrogens is 376 g/mol. The summed E-state index contributed by atoms with van der Waals surface area (Å²) in [6.07, 6.45) is 3.49. The Labute approximate surface area is 160 Å². The normalized spacial score (nSPS) is 11.4. The van der Waals surface area contributed by atoms with Crippen molar-refractivity contribution in [2.24, 2.45) is 7.05 Å². The van der Waals surface area contributed by atoms with E-state index < -0.39 is 0 Å². The number of imidazole rings is 1. The number of aryl methyl sites for hydroxylation is 1. The second-order valence-corrected chi connectivity index (χ2v) is 6.54. The third kappa shape index (κ3) is 4.06. The maximum atomic E-state index is 13.3. The molecule has 0 radical (unpaired) electrons. The Balaban J connectivity index is 1.60. The molecular formula is C19H16Cl2FN3O. The van der Waals surface area contributed by atoms with Crippen LogP contribution in [0.4, 0.5) is 4.39 Å². The average molecular weight is 392 g/mol. The minimum Gasteiger partial charge on any atom is -0.352 e. The summed E-state index contributed by atoms with van der Waals surface area (Å²) in [5.74, 6) is 0.189. The summed E-state index contributed by atoms with van der Waals surface area (Å²) < 4.78 is 15.2. The first-order valence-electron chi connectivity index (χ1n) is 7.96. The molecule has 3 rings (SSSR count). The number of aromatic nitrogens is 2. The highest BCUT2D eigenvalue weighted by Crippen LogP contribution is 2.25. The van der Waals surface area contributed by atoms with Crippen molar-refractivity contribution >= 4 is 46.2 Å². The van der Waals surface area contributed by atoms with Crippen LogP contribution in [0.1, 0.15) is 11.4 Å². The maximum absolute atomic E-state index is 13.3. The standard InChI is InChI=1S/C19H16Cl2FN3O/c1-25-17-7-5-12(22)11-16(17)24-18(25)9-10-23-19(26)8-6-13-14(20)3-2-4-15(13)21/h2-8,11H,9-10H2,1H3,(H,23,26)/b8-6+. The number of carbonyl (C=O) groups is 1. The molecule has 0 spiro atoms. The van der Waals surface area contributed by atoms with Crippen LogP contribution in [-0.2, 0) is 18.3 Å². The highest BCUT2D eigenvalue weighted by Gasteiger charge is 2.09. The summed E-state index contributed by atoms with van der Waals surface area (Å²) in [4.78, 5) is 16.4. The Hall–Kier alpha value is -2.37. The Morgan fingerprint density at radius 1 is 1.27 bits per heavy atom. The van der Waals surface area contributed by atoms with Crippen LogP contribution in [0.2, 0.25) is 10.0 Å². The van der Waals surface area contributed by atoms with E-state index in [1.165, 1.54) is 18.2 Å². The third-order valence-electron chi connectivity index (χ3n) is 3.98. The number of carbonyl (C=O) groups excluding carboxylic acids is 1. The van der Waals surface area contributed by atoms with Gasteiger partial charge in [-0.2, -0.15) is 0 Å². The first-order valence-corrected chi connectivity index (χ1v) is 8.72. The minimum absolute atomic E-state index is 0.259. The summed E-state index contributed by atoms with van der Waals surface area (Å²) >= 11 is 12.1. The van der Waals surface area contributed by atoms with Crippen molar-refractivity contribution in [2.75, 3.05) is 6.54 Å². The SMILES string of the molecule is Cn1c(CCNC(=O)/C=C/c2c(Cl)cccc2Cl)nc2cc(F)ccc21. The zero-order valence-electron chi connectivity index (χ0n) is 14.0. The van der Waals surface area contributed by atoms with Gasteiger partial charge in [0, 0.05) is 47.8 Å². The predicted molar refractivity (Wildman–Crippen MR) is 103 cm³/mol. The van der Waals surface area contributed by atoms with E-state index in [1.54, 1.807) is 30.3 Å². The number of nitrogens with one attached hydrogen (secondary N) is 1. The van der Waals surface area contributed by atoms with E-state index in [-0.39, 0.29) is 11.7 Å². The first-order chi connectivity index (χ1) is 12.5. The second-order valence-electron chi connectivity index (χ2n) is 5.73. The van der Waals surface area contributed by atoms with Gasteiger partial charge in [-0.05, 0) is 30.3 Å². The number of rotatable bonds is 5. The lowest BCUT2D eigenvalue weighted by molar-refractivity contribution is -0.116. The van der Waals surface area contributed by atoms with Crippen LogP contribution in [0.5, 0.6) is 0 Å². The zero-order chi connectivity index (χ0) is 18.7. The van der Waals surface area contributed by atoms with Crippen LogP contribution < -0.4 is 5.32 Å². The number of benzene rings is 2. The lowest BCUT2D eigenvalue weighted by atomic mass is 10.2. The molecule has 0 aliphatic carbocycles. The smallest absolute Gasteiger partial charge is 0.244 e. The van der Waals surface area contributed by atoms with Crippen LogP contribution >= 0.6 is 23.2 Å². The van der Waals surface area contributed by atoms with Gasteiger partial charge in [0.05, 0.1) is 11.0 Å². The molecule has 0 aliphatic heterocycles. The third-order valence-corrected chi connectivity index (χ3v) is 4.64. The minimum atomic E-state index is -0.321. The topological polar surface area (TPSA) is 46.9 Å². The molecule has 26 heavy (non-hydrogen) atoms. The first kappa shape index (κ1) is 18.4. The van der Waals surface area contributed by atoms with E-state index in [9.17, 15) is 9.18 Å². The van der Waals surface area contributed by atoms with Crippen molar-refractivity contribution in [2.45, 2.75) is 6.42 Å². The fraction of sp³-hybridized carbons (Fsp3) is 0.158. The Bertz CT molecular complexity index is 978. The van der Waals surface area contributed by atoms with Gasteiger partial charge < -0.3 is 9.88 Å². The molecule has 3 aromatic rings. The number of nitrogens with zero attached hydrogens (tertiary/aromatic N) is 2. The van der Waals surface area contributed by atoms with Crippen molar-refractivity contribution in [3.63, 3.8) is 0 Å². The fourth-order valence-electron chi connectivity index (χ4n) is 2.63. The number of fused-ring (bicyclic) bond motifs is 1. The largest absolute Gasteiger partial charge is 0.352 e. The fourth-order valence-corrected chi connectivity index (χ4v) is 3.16. The van der Waals surface area contributed by atoms with Crippen LogP contribution in [0.15, 0.2) is 42.5 Å². The molecule has 0 aliphatic rings. The molecule has 0 fully saturated rings. The van der Waals surface area contributed by atoms with Crippen molar-refractivity contribution in [3.8, 4) is 0 Å². The van der Waals surface area contributed by atoms with E-state index in [4.69, 9.17) is 23.2 Å². The van der Waals surface area contributed by atoms with E-state index in [0.29, 0.717) is 34.1 Å². The quantitative estimate of drug-likeness (QED) is 0.655. The van der Waals surface area contributed by atoms with Crippen LogP contribution in [0, 0.1) is 5.82 Å². The molecule has 134 valence electrons. The number of amides is 1. The highest BCUT2D eigenvalue weighted by molar-refractivity contribution is 6.37. The van der Waals surface area contributed by atoms with Gasteiger partial charge >= 0.3 is 0 Å². The lowest BCUT2D eigenvalue weighted by Gasteiger charge is -2.04. The van der Waals surface area contributed by atoms with E-state index in [2.05, 4.69) is 10.3 Å². The molecule has 1 heterocycles. The summed E-state index contributed by atoms with van der Waals surface area (Å²) in [6, 6.07) is 9.65. The maximum Gasteiger partial charge on any atom is 0.244 e. The van der Waals surface area contributed by atoms with Crippen molar-refractivity contribution < 1.29 is 9.18 Å². The monoisotopic (exact) mass is 391 g/mol. The van der Waals surface area contributed by atoms with Crippen LogP contribution in [-0.4, -0.2) is 22.0 Å². The highest BCUT2D eigenvalue weighted by atomic mass is 35.5. The van der Waals surface area contributed by atoms with Crippen molar-refractivity contribution in [1.82, 2.24) is 14.9 Å². The van der Waals surface area contributed by atoms with E-state index in [1.807, 2.05) is 11.6 Å². The Morgan fingerprint density at radius 2 is 2.00 bits per heavy atom. The van der Waals surface area contributed by atoms with Crippen LogP contribution in [0.25, 0.3) is 17.1 Å². The van der Waals surface area contributed by atoms with Gasteiger partial charge in [0.15, 0.2) is 0 Å². The molecule has 1 amide bonds. The lowest BCUT2D eigenvalue weighted by Crippen LogP contribution is -2.24. The molecule has 4 nitrogen and oxygen atoms in total. The van der Waals surface area contributed by atoms with E-state index >= 15 is 0 Å². The summed E-state index contributed by atoms with van der Waals surface area (Å²) in [7, 11) is 1.86. The zero-order valence-corrected chi connectivity index (χ0v) is 15.5. The van der Waals surface area contributed by atoms with E-state index in [0.717, 1.165) is 11.3 Å². The van der Waals surface area contributed by atoms with Gasteiger partial charge in [0.25, 0.3) is 0 Å². The van der Waals surface area contributed by atoms with Crippen molar-refractivity contribution in [3.05, 3.63) is 69.7 Å². The Kier molecular flexibility index (Phi) is 5.59. The molecule has 0 saturated heterocycles. The second kappa shape index (κ2) is 7.89. The summed E-state index contributed by atoms with van der Waals surface area (Å²) in [5, 5.41) is 3.74. The Morgan fingerprint density at radius 3 is 2.73 bits per heavy atom. The molecule has 2 aromatic carbocycles. The van der Waals surface area contributed by atoms with Gasteiger partial charge in [-0.3, -0.25) is 4.79 Å². The molecule has 7 heteroatoms. The predicted octanol–water partition coefficient (Wildman–Crippen LogP) is 4.39. The summed E-state index contributed by atoms with van der Waals surface area (Å²) in [6.45, 7) is 0.402. The average Bonchev–Trinajstić information content (AvgIpc) is 2.90. The molecule has 0 saturated carbocycles. The molecule has 0 unspecified atom stereocenters. The van der Waals surface area contributed by atoms with Gasteiger partial charge in [-0.25, -0.2) is 9.37 Å². The van der Waals surface area contributed by atoms with Gasteiger partial charge in [0.2, 0.25) is 5.91 Å². The summed E-state index contributed by atoms with van der Waals surface area (Å²) in [5.41, 5.74) is 2.05. The molecule has 1 N–H and O–H groups in total. The number of hydrogen-bond acceptors (Lipinski definition) is 2. The number of halogens is 3. The molecule has 0 atom stereocenters. The molecule has 1 aromatic heterocycles. The van der Waals surface area contributed by atoms with Gasteiger partial charge in [0.1, 0.15) is 11.6 Å². The molecule has 0 bridgehead atoms. The van der Waals surface area contributed by atoms with Gasteiger partial charge in [-0.15, -0.1) is 0 Å².